The van der Waals surface area contributed by atoms with E-state index in [-0.39, 0.29) is 18.2 Å². The molecule has 1 N–H and O–H groups in total. The maximum absolute atomic E-state index is 13.3. The molecular weight excluding hydrogens is 372 g/mol. The molecule has 2 amide bonds. The van der Waals surface area contributed by atoms with Crippen LogP contribution in [0.3, 0.4) is 0 Å². The first kappa shape index (κ1) is 22.0. The predicted molar refractivity (Wildman–Crippen MR) is 114 cm³/mol. The Balaban J connectivity index is 2.33. The molecule has 0 radical (unpaired) electrons. The largest absolute Gasteiger partial charge is 0.355 e. The fourth-order valence-electron chi connectivity index (χ4n) is 3.47. The van der Waals surface area contributed by atoms with Crippen LogP contribution < -0.4 is 5.32 Å². The summed E-state index contributed by atoms with van der Waals surface area (Å²) in [5.41, 5.74) is 4.03. The molecule has 5 heteroatoms. The Morgan fingerprint density at radius 2 is 1.71 bits per heavy atom. The van der Waals surface area contributed by atoms with Crippen LogP contribution in [-0.4, -0.2) is 29.3 Å². The van der Waals surface area contributed by atoms with Crippen molar-refractivity contribution in [3.63, 3.8) is 0 Å². The Bertz CT molecular complexity index is 815. The number of hydrogen-bond acceptors (Lipinski definition) is 2. The predicted octanol–water partition coefficient (Wildman–Crippen LogP) is 4.44. The standard InChI is InChI=1S/C23H29ClN2O2/c1-5-21(23(28)25-6-2)26(15-19-9-7-8-10-20(19)24)22(27)14-18-12-16(3)11-17(4)13-18/h7-13,21H,5-6,14-15H2,1-4H3,(H,25,28)/t21-/m0/s1. The zero-order valence-electron chi connectivity index (χ0n) is 17.1. The van der Waals surface area contributed by atoms with Crippen molar-refractivity contribution in [3.05, 3.63) is 69.7 Å². The van der Waals surface area contributed by atoms with E-state index in [1.807, 2.05) is 58.0 Å². The van der Waals surface area contributed by atoms with Gasteiger partial charge < -0.3 is 10.2 Å². The Morgan fingerprint density at radius 3 is 2.29 bits per heavy atom. The van der Waals surface area contributed by atoms with E-state index in [4.69, 9.17) is 11.6 Å². The summed E-state index contributed by atoms with van der Waals surface area (Å²) in [6.07, 6.45) is 0.789. The van der Waals surface area contributed by atoms with Gasteiger partial charge in [0.1, 0.15) is 6.04 Å². The number of halogens is 1. The maximum Gasteiger partial charge on any atom is 0.242 e. The van der Waals surface area contributed by atoms with E-state index in [1.54, 1.807) is 11.0 Å². The zero-order chi connectivity index (χ0) is 20.7. The number of rotatable bonds is 8. The lowest BCUT2D eigenvalue weighted by Crippen LogP contribution is -2.49. The van der Waals surface area contributed by atoms with Gasteiger partial charge in [0.2, 0.25) is 11.8 Å². The van der Waals surface area contributed by atoms with Crippen LogP contribution >= 0.6 is 11.6 Å². The summed E-state index contributed by atoms with van der Waals surface area (Å²) in [4.78, 5) is 27.5. The van der Waals surface area contributed by atoms with Crippen LogP contribution in [0.4, 0.5) is 0 Å². The Kier molecular flexibility index (Phi) is 8.06. The molecular formula is C23H29ClN2O2. The summed E-state index contributed by atoms with van der Waals surface area (Å²) in [5, 5.41) is 3.44. The van der Waals surface area contributed by atoms with Gasteiger partial charge in [-0.15, -0.1) is 0 Å². The average Bonchev–Trinajstić information content (AvgIpc) is 2.62. The average molecular weight is 401 g/mol. The number of hydrogen-bond donors (Lipinski definition) is 1. The molecule has 0 unspecified atom stereocenters. The first-order valence-corrected chi connectivity index (χ1v) is 10.1. The molecule has 4 nitrogen and oxygen atoms in total. The molecule has 2 rings (SSSR count). The molecule has 0 aliphatic rings. The number of amides is 2. The summed E-state index contributed by atoms with van der Waals surface area (Å²) >= 11 is 6.32. The van der Waals surface area contributed by atoms with Gasteiger partial charge in [-0.3, -0.25) is 9.59 Å². The molecule has 0 aliphatic carbocycles. The lowest BCUT2D eigenvalue weighted by molar-refractivity contribution is -0.140. The van der Waals surface area contributed by atoms with Crippen molar-refractivity contribution in [3.8, 4) is 0 Å². The van der Waals surface area contributed by atoms with E-state index < -0.39 is 6.04 Å². The van der Waals surface area contributed by atoms with Crippen LogP contribution in [0.5, 0.6) is 0 Å². The fourth-order valence-corrected chi connectivity index (χ4v) is 3.66. The molecule has 150 valence electrons. The first-order valence-electron chi connectivity index (χ1n) is 9.73. The second kappa shape index (κ2) is 10.3. The highest BCUT2D eigenvalue weighted by Gasteiger charge is 2.28. The number of carbonyl (C=O) groups is 2. The molecule has 0 saturated carbocycles. The molecule has 1 atom stereocenters. The van der Waals surface area contributed by atoms with Crippen LogP contribution in [0.1, 0.15) is 42.5 Å². The summed E-state index contributed by atoms with van der Waals surface area (Å²) in [7, 11) is 0. The van der Waals surface area contributed by atoms with Gasteiger partial charge in [0.05, 0.1) is 6.42 Å². The van der Waals surface area contributed by atoms with Gasteiger partial charge in [0.25, 0.3) is 0 Å². The highest BCUT2D eigenvalue weighted by Crippen LogP contribution is 2.21. The maximum atomic E-state index is 13.3. The third-order valence-corrected chi connectivity index (χ3v) is 5.04. The van der Waals surface area contributed by atoms with Crippen LogP contribution in [0, 0.1) is 13.8 Å². The first-order chi connectivity index (χ1) is 13.3. The van der Waals surface area contributed by atoms with E-state index in [0.29, 0.717) is 24.5 Å². The number of benzene rings is 2. The van der Waals surface area contributed by atoms with Crippen molar-refractivity contribution < 1.29 is 9.59 Å². The summed E-state index contributed by atoms with van der Waals surface area (Å²) in [6, 6.07) is 13.0. The molecule has 0 aromatic heterocycles. The molecule has 0 saturated heterocycles. The zero-order valence-corrected chi connectivity index (χ0v) is 17.8. The van der Waals surface area contributed by atoms with Crippen molar-refractivity contribution in [2.24, 2.45) is 0 Å². The van der Waals surface area contributed by atoms with Gasteiger partial charge >= 0.3 is 0 Å². The molecule has 0 spiro atoms. The van der Waals surface area contributed by atoms with Gasteiger partial charge in [0, 0.05) is 18.1 Å². The Morgan fingerprint density at radius 1 is 1.07 bits per heavy atom. The van der Waals surface area contributed by atoms with E-state index in [2.05, 4.69) is 11.4 Å². The molecule has 0 fully saturated rings. The van der Waals surface area contributed by atoms with Gasteiger partial charge in [-0.1, -0.05) is 66.0 Å². The SMILES string of the molecule is CCNC(=O)[C@H](CC)N(Cc1ccccc1Cl)C(=O)Cc1cc(C)cc(C)c1. The van der Waals surface area contributed by atoms with Crippen LogP contribution in [0.15, 0.2) is 42.5 Å². The number of nitrogens with zero attached hydrogens (tertiary/aromatic N) is 1. The van der Waals surface area contributed by atoms with Crippen molar-refractivity contribution >= 4 is 23.4 Å². The number of aryl methyl sites for hydroxylation is 2. The number of carbonyl (C=O) groups excluding carboxylic acids is 2. The van der Waals surface area contributed by atoms with Crippen molar-refractivity contribution in [1.82, 2.24) is 10.2 Å². The minimum absolute atomic E-state index is 0.0805. The van der Waals surface area contributed by atoms with Crippen molar-refractivity contribution in [2.75, 3.05) is 6.54 Å². The van der Waals surface area contributed by atoms with Gasteiger partial charge in [-0.25, -0.2) is 0 Å². The lowest BCUT2D eigenvalue weighted by Gasteiger charge is -2.31. The molecule has 28 heavy (non-hydrogen) atoms. The smallest absolute Gasteiger partial charge is 0.242 e. The van der Waals surface area contributed by atoms with E-state index in [1.165, 1.54) is 0 Å². The molecule has 2 aromatic rings. The van der Waals surface area contributed by atoms with Gasteiger partial charge in [0.15, 0.2) is 0 Å². The summed E-state index contributed by atoms with van der Waals surface area (Å²) in [6.45, 7) is 8.67. The van der Waals surface area contributed by atoms with Crippen molar-refractivity contribution in [1.29, 1.82) is 0 Å². The normalized spacial score (nSPS) is 11.8. The topological polar surface area (TPSA) is 49.4 Å². The highest BCUT2D eigenvalue weighted by molar-refractivity contribution is 6.31. The molecule has 0 aliphatic heterocycles. The van der Waals surface area contributed by atoms with Crippen molar-refractivity contribution in [2.45, 2.75) is 53.1 Å². The van der Waals surface area contributed by atoms with E-state index in [0.717, 1.165) is 22.3 Å². The third-order valence-electron chi connectivity index (χ3n) is 4.67. The fraction of sp³-hybridized carbons (Fsp3) is 0.391. The number of nitrogens with one attached hydrogen (secondary N) is 1. The molecule has 0 bridgehead atoms. The van der Waals surface area contributed by atoms with Crippen LogP contribution in [0.2, 0.25) is 5.02 Å². The van der Waals surface area contributed by atoms with Gasteiger partial charge in [-0.2, -0.15) is 0 Å². The second-order valence-corrected chi connectivity index (χ2v) is 7.51. The van der Waals surface area contributed by atoms with E-state index >= 15 is 0 Å². The third kappa shape index (κ3) is 5.83. The molecule has 0 heterocycles. The van der Waals surface area contributed by atoms with Crippen LogP contribution in [0.25, 0.3) is 0 Å². The lowest BCUT2D eigenvalue weighted by atomic mass is 10.0. The summed E-state index contributed by atoms with van der Waals surface area (Å²) in [5.74, 6) is -0.214. The van der Waals surface area contributed by atoms with Crippen LogP contribution in [-0.2, 0) is 22.6 Å². The minimum atomic E-state index is -0.533. The molecule has 2 aromatic carbocycles. The number of likely N-dealkylation sites (N-methyl/N-ethyl adjacent to an activating group) is 1. The van der Waals surface area contributed by atoms with Gasteiger partial charge in [-0.05, 0) is 44.4 Å². The summed E-state index contributed by atoms with van der Waals surface area (Å²) < 4.78 is 0. The highest BCUT2D eigenvalue weighted by atomic mass is 35.5. The second-order valence-electron chi connectivity index (χ2n) is 7.10. The van der Waals surface area contributed by atoms with E-state index in [9.17, 15) is 9.59 Å². The Labute approximate surface area is 172 Å². The monoisotopic (exact) mass is 400 g/mol. The quantitative estimate of drug-likeness (QED) is 0.711. The minimum Gasteiger partial charge on any atom is -0.355 e. The Hall–Kier alpha value is -2.33.